The number of hydrogen-bond donors (Lipinski definition) is 1. The molecule has 0 aliphatic heterocycles. The van der Waals surface area contributed by atoms with Gasteiger partial charge < -0.3 is 14.6 Å². The first kappa shape index (κ1) is 12.1. The summed E-state index contributed by atoms with van der Waals surface area (Å²) >= 11 is 0. The largest absolute Gasteiger partial charge is 0.462 e. The molecule has 2 heterocycles. The van der Waals surface area contributed by atoms with Crippen LogP contribution in [0.5, 0.6) is 0 Å². The van der Waals surface area contributed by atoms with E-state index in [1.165, 1.54) is 0 Å². The summed E-state index contributed by atoms with van der Waals surface area (Å²) in [6, 6.07) is 5.08. The maximum absolute atomic E-state index is 11.7. The molecular weight excluding hydrogens is 234 g/mol. The number of nitrogens with one attached hydrogen (secondary N) is 1. The van der Waals surface area contributed by atoms with Crippen LogP contribution in [0.2, 0.25) is 0 Å². The summed E-state index contributed by atoms with van der Waals surface area (Å²) in [5, 5.41) is 6.60. The number of rotatable bonds is 5. The minimum absolute atomic E-state index is 0.329. The van der Waals surface area contributed by atoms with Gasteiger partial charge in [0, 0.05) is 12.3 Å². The summed E-state index contributed by atoms with van der Waals surface area (Å²) in [4.78, 5) is 15.8. The Bertz CT molecular complexity index is 511. The van der Waals surface area contributed by atoms with Crippen LogP contribution in [0.3, 0.4) is 0 Å². The fourth-order valence-electron chi connectivity index (χ4n) is 1.42. The molecule has 0 unspecified atom stereocenters. The van der Waals surface area contributed by atoms with Crippen LogP contribution in [-0.2, 0) is 11.3 Å². The van der Waals surface area contributed by atoms with Gasteiger partial charge in [0.25, 0.3) is 0 Å². The Morgan fingerprint density at radius 1 is 1.44 bits per heavy atom. The van der Waals surface area contributed by atoms with Crippen LogP contribution in [0, 0.1) is 0 Å². The molecule has 0 aliphatic carbocycles. The molecule has 18 heavy (non-hydrogen) atoms. The van der Waals surface area contributed by atoms with Crippen molar-refractivity contribution in [2.75, 3.05) is 11.9 Å². The van der Waals surface area contributed by atoms with Gasteiger partial charge in [0.15, 0.2) is 5.76 Å². The van der Waals surface area contributed by atoms with Crippen LogP contribution in [0.4, 0.5) is 5.82 Å². The number of pyridine rings is 1. The van der Waals surface area contributed by atoms with E-state index in [0.29, 0.717) is 30.3 Å². The van der Waals surface area contributed by atoms with Crippen LogP contribution >= 0.6 is 0 Å². The molecule has 0 fully saturated rings. The third-order valence-corrected chi connectivity index (χ3v) is 2.22. The number of ether oxygens (including phenoxy) is 1. The van der Waals surface area contributed by atoms with Crippen molar-refractivity contribution < 1.29 is 14.1 Å². The van der Waals surface area contributed by atoms with E-state index in [-0.39, 0.29) is 0 Å². The van der Waals surface area contributed by atoms with Gasteiger partial charge in [-0.15, -0.1) is 0 Å². The highest BCUT2D eigenvalue weighted by atomic mass is 16.5. The highest BCUT2D eigenvalue weighted by Crippen LogP contribution is 2.14. The summed E-state index contributed by atoms with van der Waals surface area (Å²) in [6.07, 6.45) is 3.16. The van der Waals surface area contributed by atoms with Crippen molar-refractivity contribution in [3.8, 4) is 0 Å². The highest BCUT2D eigenvalue weighted by molar-refractivity contribution is 5.94. The monoisotopic (exact) mass is 247 g/mol. The Morgan fingerprint density at radius 3 is 3.06 bits per heavy atom. The molecule has 1 N–H and O–H groups in total. The second-order valence-electron chi connectivity index (χ2n) is 3.45. The summed E-state index contributed by atoms with van der Waals surface area (Å²) in [5.41, 5.74) is 0.402. The molecule has 2 aromatic heterocycles. The first-order chi connectivity index (χ1) is 8.81. The fraction of sp³-hybridized carbons (Fsp3) is 0.250. The lowest BCUT2D eigenvalue weighted by molar-refractivity contribution is 0.0527. The molecule has 6 heteroatoms. The Morgan fingerprint density at radius 2 is 2.33 bits per heavy atom. The van der Waals surface area contributed by atoms with Crippen LogP contribution in [0.15, 0.2) is 35.1 Å². The Balaban J connectivity index is 2.09. The predicted octanol–water partition coefficient (Wildman–Crippen LogP) is 1.86. The number of hydrogen-bond acceptors (Lipinski definition) is 6. The van der Waals surface area contributed by atoms with E-state index < -0.39 is 5.97 Å². The standard InChI is InChI=1S/C12H13N3O3/c1-2-17-12(16)10-4-3-6-13-11(10)14-8-9-5-7-15-18-9/h3-7H,2,8H2,1H3,(H,13,14). The molecule has 2 rings (SSSR count). The molecule has 0 atom stereocenters. The first-order valence-corrected chi connectivity index (χ1v) is 5.57. The predicted molar refractivity (Wildman–Crippen MR) is 64.0 cm³/mol. The van der Waals surface area contributed by atoms with E-state index in [0.717, 1.165) is 0 Å². The number of anilines is 1. The van der Waals surface area contributed by atoms with Crippen LogP contribution in [-0.4, -0.2) is 22.7 Å². The van der Waals surface area contributed by atoms with Crippen molar-refractivity contribution in [1.29, 1.82) is 0 Å². The van der Waals surface area contributed by atoms with E-state index in [2.05, 4.69) is 15.5 Å². The second kappa shape index (κ2) is 5.81. The van der Waals surface area contributed by atoms with Gasteiger partial charge in [0.05, 0.1) is 19.3 Å². The van der Waals surface area contributed by atoms with E-state index in [1.54, 1.807) is 37.5 Å². The third-order valence-electron chi connectivity index (χ3n) is 2.22. The quantitative estimate of drug-likeness (QED) is 0.812. The number of carbonyl (C=O) groups is 1. The number of carbonyl (C=O) groups excluding carboxylic acids is 1. The van der Waals surface area contributed by atoms with Crippen LogP contribution in [0.1, 0.15) is 23.0 Å². The molecule has 0 saturated carbocycles. The summed E-state index contributed by atoms with van der Waals surface area (Å²) in [7, 11) is 0. The average Bonchev–Trinajstić information content (AvgIpc) is 2.90. The maximum atomic E-state index is 11.7. The van der Waals surface area contributed by atoms with Crippen molar-refractivity contribution in [3.63, 3.8) is 0 Å². The van der Waals surface area contributed by atoms with Gasteiger partial charge >= 0.3 is 5.97 Å². The zero-order chi connectivity index (χ0) is 12.8. The number of esters is 1. The van der Waals surface area contributed by atoms with Gasteiger partial charge in [-0.25, -0.2) is 9.78 Å². The van der Waals surface area contributed by atoms with Gasteiger partial charge in [-0.05, 0) is 19.1 Å². The van der Waals surface area contributed by atoms with Crippen molar-refractivity contribution in [2.24, 2.45) is 0 Å². The first-order valence-electron chi connectivity index (χ1n) is 5.57. The third kappa shape index (κ3) is 2.85. The van der Waals surface area contributed by atoms with Gasteiger partial charge in [-0.3, -0.25) is 0 Å². The van der Waals surface area contributed by atoms with Crippen molar-refractivity contribution in [2.45, 2.75) is 13.5 Å². The van der Waals surface area contributed by atoms with Crippen molar-refractivity contribution in [1.82, 2.24) is 10.1 Å². The van der Waals surface area contributed by atoms with Gasteiger partial charge in [-0.2, -0.15) is 0 Å². The number of nitrogens with zero attached hydrogens (tertiary/aromatic N) is 2. The van der Waals surface area contributed by atoms with E-state index in [9.17, 15) is 4.79 Å². The second-order valence-corrected chi connectivity index (χ2v) is 3.45. The Kier molecular flexibility index (Phi) is 3.90. The lowest BCUT2D eigenvalue weighted by Gasteiger charge is -2.08. The minimum atomic E-state index is -0.398. The summed E-state index contributed by atoms with van der Waals surface area (Å²) < 4.78 is 9.90. The minimum Gasteiger partial charge on any atom is -0.462 e. The lowest BCUT2D eigenvalue weighted by Crippen LogP contribution is -2.10. The van der Waals surface area contributed by atoms with E-state index in [1.807, 2.05) is 0 Å². The highest BCUT2D eigenvalue weighted by Gasteiger charge is 2.13. The molecule has 2 aromatic rings. The van der Waals surface area contributed by atoms with Gasteiger partial charge in [0.1, 0.15) is 11.4 Å². The number of aromatic nitrogens is 2. The molecule has 0 aromatic carbocycles. The summed E-state index contributed by atoms with van der Waals surface area (Å²) in [6.45, 7) is 2.49. The average molecular weight is 247 g/mol. The van der Waals surface area contributed by atoms with Crippen molar-refractivity contribution in [3.05, 3.63) is 41.9 Å². The van der Waals surface area contributed by atoms with Crippen LogP contribution < -0.4 is 5.32 Å². The SMILES string of the molecule is CCOC(=O)c1cccnc1NCc1ccno1. The molecule has 0 saturated heterocycles. The van der Waals surface area contributed by atoms with Gasteiger partial charge in [0.2, 0.25) is 0 Å². The lowest BCUT2D eigenvalue weighted by atomic mass is 10.2. The maximum Gasteiger partial charge on any atom is 0.341 e. The molecule has 94 valence electrons. The molecule has 0 bridgehead atoms. The molecule has 0 amide bonds. The molecule has 0 spiro atoms. The fourth-order valence-corrected chi connectivity index (χ4v) is 1.42. The van der Waals surface area contributed by atoms with Gasteiger partial charge in [-0.1, -0.05) is 5.16 Å². The molecule has 0 aliphatic rings. The summed E-state index contributed by atoms with van der Waals surface area (Å²) in [5.74, 6) is 0.730. The molecule has 0 radical (unpaired) electrons. The van der Waals surface area contributed by atoms with Crippen molar-refractivity contribution >= 4 is 11.8 Å². The molecule has 6 nitrogen and oxygen atoms in total. The smallest absolute Gasteiger partial charge is 0.341 e. The normalized spacial score (nSPS) is 10.1. The zero-order valence-electron chi connectivity index (χ0n) is 9.92. The Labute approximate surface area is 104 Å². The van der Waals surface area contributed by atoms with E-state index >= 15 is 0 Å². The van der Waals surface area contributed by atoms with Crippen LogP contribution in [0.25, 0.3) is 0 Å². The zero-order valence-corrected chi connectivity index (χ0v) is 9.92. The van der Waals surface area contributed by atoms with E-state index in [4.69, 9.17) is 9.26 Å². The Hall–Kier alpha value is -2.37. The topological polar surface area (TPSA) is 77.2 Å². The molecular formula is C12H13N3O3.